The van der Waals surface area contributed by atoms with E-state index in [0.29, 0.717) is 0 Å². The minimum absolute atomic E-state index is 0.722. The molecule has 0 aromatic heterocycles. The molecule has 1 aromatic carbocycles. The van der Waals surface area contributed by atoms with Crippen LogP contribution in [0, 0.1) is 11.8 Å². The third kappa shape index (κ3) is 5.09. The molecule has 0 aliphatic rings. The smallest absolute Gasteiger partial charge is 0.0436 e. The van der Waals surface area contributed by atoms with Crippen LogP contribution < -0.4 is 0 Å². The molecule has 2 nitrogen and oxygen atoms in total. The topological polar surface area (TPSA) is 32.6 Å². The van der Waals surface area contributed by atoms with Crippen molar-refractivity contribution in [1.29, 1.82) is 0 Å². The van der Waals surface area contributed by atoms with E-state index in [1.165, 1.54) is 6.21 Å². The summed E-state index contributed by atoms with van der Waals surface area (Å²) in [6.45, 7) is 0. The summed E-state index contributed by atoms with van der Waals surface area (Å²) in [5, 5.41) is 11.8. The molecule has 1 rings (SSSR count). The molecule has 0 aliphatic heterocycles. The van der Waals surface area contributed by atoms with Crippen LogP contribution >= 0.6 is 11.6 Å². The van der Waals surface area contributed by atoms with Gasteiger partial charge in [0.15, 0.2) is 0 Å². The van der Waals surface area contributed by atoms with Crippen LogP contribution in [0.3, 0.4) is 0 Å². The molecule has 0 saturated heterocycles. The molecule has 1 N–H and O–H groups in total. The molecule has 15 heavy (non-hydrogen) atoms. The standard InChI is InChI=1S/C12H12ClNO/c13-12-8-6-11(7-9-12)5-3-1-2-4-10-14-15/h6-10,15H,1-2,4H2. The highest BCUT2D eigenvalue weighted by Crippen LogP contribution is 2.08. The van der Waals surface area contributed by atoms with Gasteiger partial charge in [0, 0.05) is 23.2 Å². The first-order valence-corrected chi connectivity index (χ1v) is 5.11. The molecular formula is C12H12ClNO. The lowest BCUT2D eigenvalue weighted by Gasteiger charge is -1.90. The van der Waals surface area contributed by atoms with Gasteiger partial charge in [0.05, 0.1) is 0 Å². The molecule has 0 radical (unpaired) electrons. The number of benzene rings is 1. The average molecular weight is 222 g/mol. The Labute approximate surface area is 94.6 Å². The SMILES string of the molecule is ON=CCCCC#Cc1ccc(Cl)cc1. The zero-order chi connectivity index (χ0) is 10.9. The lowest BCUT2D eigenvalue weighted by atomic mass is 10.2. The van der Waals surface area contributed by atoms with Crippen LogP contribution in [0.1, 0.15) is 24.8 Å². The molecule has 0 spiro atoms. The van der Waals surface area contributed by atoms with Crippen molar-refractivity contribution < 1.29 is 5.21 Å². The summed E-state index contributed by atoms with van der Waals surface area (Å²) in [6.07, 6.45) is 3.94. The minimum atomic E-state index is 0.722. The molecule has 3 heteroatoms. The summed E-state index contributed by atoms with van der Waals surface area (Å²) in [6, 6.07) is 7.43. The first-order valence-electron chi connectivity index (χ1n) is 4.73. The van der Waals surface area contributed by atoms with Crippen LogP contribution in [-0.2, 0) is 0 Å². The Balaban J connectivity index is 2.34. The van der Waals surface area contributed by atoms with Crippen LogP contribution in [0.15, 0.2) is 29.4 Å². The highest BCUT2D eigenvalue weighted by atomic mass is 35.5. The van der Waals surface area contributed by atoms with Crippen molar-refractivity contribution >= 4 is 17.8 Å². The summed E-state index contributed by atoms with van der Waals surface area (Å²) < 4.78 is 0. The average Bonchev–Trinajstić information content (AvgIpc) is 2.26. The van der Waals surface area contributed by atoms with E-state index in [4.69, 9.17) is 16.8 Å². The molecular weight excluding hydrogens is 210 g/mol. The first-order chi connectivity index (χ1) is 7.33. The zero-order valence-electron chi connectivity index (χ0n) is 8.28. The molecule has 78 valence electrons. The van der Waals surface area contributed by atoms with Crippen LogP contribution in [0.5, 0.6) is 0 Å². The van der Waals surface area contributed by atoms with Gasteiger partial charge in [0.2, 0.25) is 0 Å². The van der Waals surface area contributed by atoms with Gasteiger partial charge >= 0.3 is 0 Å². The van der Waals surface area contributed by atoms with Crippen molar-refractivity contribution in [3.63, 3.8) is 0 Å². The molecule has 0 atom stereocenters. The second-order valence-corrected chi connectivity index (χ2v) is 3.44. The molecule has 0 unspecified atom stereocenters. The number of halogens is 1. The first kappa shape index (κ1) is 11.6. The summed E-state index contributed by atoms with van der Waals surface area (Å²) >= 11 is 5.74. The minimum Gasteiger partial charge on any atom is -0.411 e. The maximum atomic E-state index is 8.15. The van der Waals surface area contributed by atoms with E-state index in [1.54, 1.807) is 0 Å². The van der Waals surface area contributed by atoms with Crippen molar-refractivity contribution in [1.82, 2.24) is 0 Å². The highest BCUT2D eigenvalue weighted by molar-refractivity contribution is 6.30. The predicted molar refractivity (Wildman–Crippen MR) is 62.5 cm³/mol. The fourth-order valence-electron chi connectivity index (χ4n) is 1.04. The van der Waals surface area contributed by atoms with Crippen LogP contribution in [0.4, 0.5) is 0 Å². The van der Waals surface area contributed by atoms with Crippen molar-refractivity contribution in [3.8, 4) is 11.8 Å². The van der Waals surface area contributed by atoms with Gasteiger partial charge in [-0.2, -0.15) is 0 Å². The van der Waals surface area contributed by atoms with Gasteiger partial charge in [-0.25, -0.2) is 0 Å². The van der Waals surface area contributed by atoms with E-state index in [1.807, 2.05) is 24.3 Å². The van der Waals surface area contributed by atoms with Crippen molar-refractivity contribution in [2.75, 3.05) is 0 Å². The lowest BCUT2D eigenvalue weighted by Crippen LogP contribution is -1.76. The van der Waals surface area contributed by atoms with Gasteiger partial charge < -0.3 is 5.21 Å². The predicted octanol–water partition coefficient (Wildman–Crippen LogP) is 3.32. The largest absolute Gasteiger partial charge is 0.411 e. The van der Waals surface area contributed by atoms with E-state index < -0.39 is 0 Å². The Bertz CT molecular complexity index is 373. The van der Waals surface area contributed by atoms with Crippen LogP contribution in [0.2, 0.25) is 5.02 Å². The third-order valence-electron chi connectivity index (χ3n) is 1.79. The zero-order valence-corrected chi connectivity index (χ0v) is 9.04. The summed E-state index contributed by atoms with van der Waals surface area (Å²) in [5.74, 6) is 6.08. The number of oxime groups is 1. The normalized spacial score (nSPS) is 9.93. The summed E-state index contributed by atoms with van der Waals surface area (Å²) in [4.78, 5) is 0. The maximum absolute atomic E-state index is 8.15. The van der Waals surface area contributed by atoms with Crippen molar-refractivity contribution in [2.24, 2.45) is 5.16 Å². The second kappa shape index (κ2) is 6.92. The number of nitrogens with zero attached hydrogens (tertiary/aromatic N) is 1. The summed E-state index contributed by atoms with van der Waals surface area (Å²) in [5.41, 5.74) is 0.968. The van der Waals surface area contributed by atoms with E-state index >= 15 is 0 Å². The van der Waals surface area contributed by atoms with Gasteiger partial charge in [0.25, 0.3) is 0 Å². The molecule has 0 aliphatic carbocycles. The Morgan fingerprint density at radius 1 is 1.33 bits per heavy atom. The van der Waals surface area contributed by atoms with Gasteiger partial charge in [-0.3, -0.25) is 0 Å². The van der Waals surface area contributed by atoms with Gasteiger partial charge in [-0.15, -0.1) is 5.16 Å². The number of hydrogen-bond donors (Lipinski definition) is 1. The Morgan fingerprint density at radius 2 is 2.07 bits per heavy atom. The van der Waals surface area contributed by atoms with Gasteiger partial charge in [-0.1, -0.05) is 23.4 Å². The Morgan fingerprint density at radius 3 is 2.73 bits per heavy atom. The molecule has 0 saturated carbocycles. The van der Waals surface area contributed by atoms with Crippen LogP contribution in [-0.4, -0.2) is 11.4 Å². The molecule has 1 aromatic rings. The number of rotatable bonds is 3. The maximum Gasteiger partial charge on any atom is 0.0436 e. The van der Waals surface area contributed by atoms with Crippen LogP contribution in [0.25, 0.3) is 0 Å². The van der Waals surface area contributed by atoms with E-state index in [0.717, 1.165) is 29.8 Å². The van der Waals surface area contributed by atoms with Gasteiger partial charge in [-0.05, 0) is 37.1 Å². The monoisotopic (exact) mass is 221 g/mol. The van der Waals surface area contributed by atoms with Crippen molar-refractivity contribution in [2.45, 2.75) is 19.3 Å². The highest BCUT2D eigenvalue weighted by Gasteiger charge is 1.86. The fraction of sp³-hybridized carbons (Fsp3) is 0.250. The van der Waals surface area contributed by atoms with E-state index in [9.17, 15) is 0 Å². The second-order valence-electron chi connectivity index (χ2n) is 3.00. The Hall–Kier alpha value is -1.46. The fourth-order valence-corrected chi connectivity index (χ4v) is 1.16. The summed E-state index contributed by atoms with van der Waals surface area (Å²) in [7, 11) is 0. The molecule has 0 amide bonds. The quantitative estimate of drug-likeness (QED) is 0.274. The Kier molecular flexibility index (Phi) is 5.35. The molecule has 0 heterocycles. The molecule has 0 bridgehead atoms. The van der Waals surface area contributed by atoms with E-state index in [-0.39, 0.29) is 0 Å². The number of unbranched alkanes of at least 4 members (excludes halogenated alkanes) is 2. The lowest BCUT2D eigenvalue weighted by molar-refractivity contribution is 0.320. The third-order valence-corrected chi connectivity index (χ3v) is 2.05. The van der Waals surface area contributed by atoms with Crippen molar-refractivity contribution in [3.05, 3.63) is 34.9 Å². The van der Waals surface area contributed by atoms with E-state index in [2.05, 4.69) is 17.0 Å². The van der Waals surface area contributed by atoms with Gasteiger partial charge in [0.1, 0.15) is 0 Å². The number of hydrogen-bond acceptors (Lipinski definition) is 2. The molecule has 0 fully saturated rings.